The summed E-state index contributed by atoms with van der Waals surface area (Å²) in [5.41, 5.74) is 2.22. The Morgan fingerprint density at radius 3 is 3.00 bits per heavy atom. The van der Waals surface area contributed by atoms with Gasteiger partial charge in [-0.15, -0.1) is 0 Å². The van der Waals surface area contributed by atoms with E-state index in [1.54, 1.807) is 0 Å². The number of carboxylic acids is 1. The molecule has 0 aromatic carbocycles. The van der Waals surface area contributed by atoms with Crippen molar-refractivity contribution in [3.05, 3.63) is 17.5 Å². The molecule has 1 N–H and O–H groups in total. The quantitative estimate of drug-likeness (QED) is 0.858. The molecule has 2 heterocycles. The Bertz CT molecular complexity index is 394. The van der Waals surface area contributed by atoms with E-state index >= 15 is 0 Å². The maximum Gasteiger partial charge on any atom is 0.304 e. The minimum absolute atomic E-state index is 0.211. The zero-order valence-electron chi connectivity index (χ0n) is 10.4. The largest absolute Gasteiger partial charge is 0.481 e. The lowest BCUT2D eigenvalue weighted by molar-refractivity contribution is -0.137. The van der Waals surface area contributed by atoms with E-state index < -0.39 is 5.97 Å². The molecule has 1 aliphatic heterocycles. The second kappa shape index (κ2) is 4.87. The van der Waals surface area contributed by atoms with Crippen LogP contribution in [-0.2, 0) is 11.8 Å². The summed E-state index contributed by atoms with van der Waals surface area (Å²) in [7, 11) is 1.94. The number of hydrogen-bond donors (Lipinski definition) is 1. The zero-order valence-corrected chi connectivity index (χ0v) is 10.4. The highest BCUT2D eigenvalue weighted by molar-refractivity contribution is 5.66. The molecule has 17 heavy (non-hydrogen) atoms. The van der Waals surface area contributed by atoms with Crippen LogP contribution in [0.3, 0.4) is 0 Å². The minimum atomic E-state index is -0.729. The van der Waals surface area contributed by atoms with E-state index in [2.05, 4.69) is 16.1 Å². The summed E-state index contributed by atoms with van der Waals surface area (Å²) in [5, 5.41) is 13.2. The Morgan fingerprint density at radius 2 is 2.41 bits per heavy atom. The Hall–Kier alpha value is -1.36. The van der Waals surface area contributed by atoms with E-state index in [9.17, 15) is 4.79 Å². The number of hydrogen-bond acceptors (Lipinski definition) is 3. The SMILES string of the molecule is Cc1cc([C@@H]2CCCN2CCC(=O)O)nn1C. The van der Waals surface area contributed by atoms with Gasteiger partial charge < -0.3 is 5.11 Å². The first kappa shape index (κ1) is 12.1. The van der Waals surface area contributed by atoms with Crippen LogP contribution in [0.5, 0.6) is 0 Å². The van der Waals surface area contributed by atoms with Gasteiger partial charge in [-0.2, -0.15) is 5.10 Å². The molecule has 0 aliphatic carbocycles. The highest BCUT2D eigenvalue weighted by Gasteiger charge is 2.28. The molecule has 0 bridgehead atoms. The van der Waals surface area contributed by atoms with Crippen molar-refractivity contribution in [1.82, 2.24) is 14.7 Å². The van der Waals surface area contributed by atoms with Gasteiger partial charge in [0.05, 0.1) is 18.2 Å². The number of aliphatic carboxylic acids is 1. The van der Waals surface area contributed by atoms with Crippen LogP contribution in [0.2, 0.25) is 0 Å². The van der Waals surface area contributed by atoms with Crippen LogP contribution < -0.4 is 0 Å². The van der Waals surface area contributed by atoms with Gasteiger partial charge in [0.1, 0.15) is 0 Å². The third kappa shape index (κ3) is 2.66. The van der Waals surface area contributed by atoms with E-state index in [1.807, 2.05) is 18.7 Å². The second-order valence-electron chi connectivity index (χ2n) is 4.67. The molecule has 0 spiro atoms. The van der Waals surface area contributed by atoms with Crippen LogP contribution in [0.25, 0.3) is 0 Å². The fourth-order valence-corrected chi connectivity index (χ4v) is 2.42. The van der Waals surface area contributed by atoms with E-state index in [-0.39, 0.29) is 6.42 Å². The van der Waals surface area contributed by atoms with Crippen molar-refractivity contribution in [2.45, 2.75) is 32.2 Å². The van der Waals surface area contributed by atoms with Gasteiger partial charge in [-0.05, 0) is 32.4 Å². The lowest BCUT2D eigenvalue weighted by atomic mass is 10.1. The molecule has 0 saturated carbocycles. The second-order valence-corrected chi connectivity index (χ2v) is 4.67. The van der Waals surface area contributed by atoms with Crippen LogP contribution >= 0.6 is 0 Å². The van der Waals surface area contributed by atoms with Gasteiger partial charge in [-0.1, -0.05) is 0 Å². The molecular formula is C12H19N3O2. The van der Waals surface area contributed by atoms with Crippen LogP contribution in [0.1, 0.15) is 36.7 Å². The summed E-state index contributed by atoms with van der Waals surface area (Å²) >= 11 is 0. The number of rotatable bonds is 4. The van der Waals surface area contributed by atoms with Crippen molar-refractivity contribution in [1.29, 1.82) is 0 Å². The summed E-state index contributed by atoms with van der Waals surface area (Å²) in [6, 6.07) is 2.40. The third-order valence-electron chi connectivity index (χ3n) is 3.45. The number of aromatic nitrogens is 2. The molecule has 0 radical (unpaired) electrons. The Labute approximate surface area is 101 Å². The minimum Gasteiger partial charge on any atom is -0.481 e. The summed E-state index contributed by atoms with van der Waals surface area (Å²) in [6.07, 6.45) is 2.41. The van der Waals surface area contributed by atoms with Crippen molar-refractivity contribution < 1.29 is 9.90 Å². The van der Waals surface area contributed by atoms with Gasteiger partial charge in [0.25, 0.3) is 0 Å². The van der Waals surface area contributed by atoms with Crippen molar-refractivity contribution in [3.8, 4) is 0 Å². The molecule has 1 atom stereocenters. The van der Waals surface area contributed by atoms with Gasteiger partial charge in [0.2, 0.25) is 0 Å². The molecule has 0 amide bonds. The van der Waals surface area contributed by atoms with Crippen LogP contribution in [0.4, 0.5) is 0 Å². The van der Waals surface area contributed by atoms with E-state index in [1.165, 1.54) is 0 Å². The molecular weight excluding hydrogens is 218 g/mol. The number of carbonyl (C=O) groups is 1. The topological polar surface area (TPSA) is 58.4 Å². The molecule has 5 heteroatoms. The van der Waals surface area contributed by atoms with E-state index in [4.69, 9.17) is 5.11 Å². The van der Waals surface area contributed by atoms with Crippen LogP contribution in [0.15, 0.2) is 6.07 Å². The molecule has 1 aliphatic rings. The first-order valence-corrected chi connectivity index (χ1v) is 6.04. The molecule has 1 aromatic heterocycles. The first-order chi connectivity index (χ1) is 8.08. The number of carboxylic acid groups (broad SMARTS) is 1. The van der Waals surface area contributed by atoms with Crippen molar-refractivity contribution in [3.63, 3.8) is 0 Å². The predicted molar refractivity (Wildman–Crippen MR) is 63.7 cm³/mol. The predicted octanol–water partition coefficient (Wildman–Crippen LogP) is 1.34. The van der Waals surface area contributed by atoms with Gasteiger partial charge in [0.15, 0.2) is 0 Å². The fraction of sp³-hybridized carbons (Fsp3) is 0.667. The maximum atomic E-state index is 10.6. The Morgan fingerprint density at radius 1 is 1.65 bits per heavy atom. The van der Waals surface area contributed by atoms with Crippen LogP contribution in [0, 0.1) is 6.92 Å². The van der Waals surface area contributed by atoms with Gasteiger partial charge >= 0.3 is 5.97 Å². The number of likely N-dealkylation sites (tertiary alicyclic amines) is 1. The molecule has 1 aromatic rings. The average Bonchev–Trinajstić information content (AvgIpc) is 2.83. The highest BCUT2D eigenvalue weighted by Crippen LogP contribution is 2.31. The first-order valence-electron chi connectivity index (χ1n) is 6.04. The number of aryl methyl sites for hydroxylation is 2. The summed E-state index contributed by atoms with van der Waals surface area (Å²) in [4.78, 5) is 12.8. The van der Waals surface area contributed by atoms with Gasteiger partial charge in [0, 0.05) is 19.3 Å². The Kier molecular flexibility index (Phi) is 3.47. The Balaban J connectivity index is 2.06. The summed E-state index contributed by atoms with van der Waals surface area (Å²) in [5.74, 6) is -0.729. The molecule has 2 rings (SSSR count). The molecule has 5 nitrogen and oxygen atoms in total. The summed E-state index contributed by atoms with van der Waals surface area (Å²) in [6.45, 7) is 3.64. The van der Waals surface area contributed by atoms with Crippen LogP contribution in [-0.4, -0.2) is 38.8 Å². The number of nitrogens with zero attached hydrogens (tertiary/aromatic N) is 3. The maximum absolute atomic E-state index is 10.6. The fourth-order valence-electron chi connectivity index (χ4n) is 2.42. The van der Waals surface area contributed by atoms with Crippen molar-refractivity contribution in [2.75, 3.05) is 13.1 Å². The summed E-state index contributed by atoms with van der Waals surface area (Å²) < 4.78 is 1.88. The van der Waals surface area contributed by atoms with Gasteiger partial charge in [-0.3, -0.25) is 14.4 Å². The van der Waals surface area contributed by atoms with Crippen molar-refractivity contribution >= 4 is 5.97 Å². The lowest BCUT2D eigenvalue weighted by Gasteiger charge is -2.21. The van der Waals surface area contributed by atoms with Crippen molar-refractivity contribution in [2.24, 2.45) is 7.05 Å². The highest BCUT2D eigenvalue weighted by atomic mass is 16.4. The normalized spacial score (nSPS) is 20.9. The molecule has 1 fully saturated rings. The molecule has 94 valence electrons. The average molecular weight is 237 g/mol. The third-order valence-corrected chi connectivity index (χ3v) is 3.45. The zero-order chi connectivity index (χ0) is 12.4. The smallest absolute Gasteiger partial charge is 0.304 e. The molecule has 1 saturated heterocycles. The standard InChI is InChI=1S/C12H19N3O2/c1-9-8-10(13-14(9)2)11-4-3-6-15(11)7-5-12(16)17/h8,11H,3-7H2,1-2H3,(H,16,17)/t11-/m0/s1. The van der Waals surface area contributed by atoms with E-state index in [0.29, 0.717) is 12.6 Å². The molecule has 0 unspecified atom stereocenters. The van der Waals surface area contributed by atoms with E-state index in [0.717, 1.165) is 30.8 Å². The lowest BCUT2D eigenvalue weighted by Crippen LogP contribution is -2.26. The monoisotopic (exact) mass is 237 g/mol. The van der Waals surface area contributed by atoms with Gasteiger partial charge in [-0.25, -0.2) is 0 Å².